The Balaban J connectivity index is 1.42. The summed E-state index contributed by atoms with van der Waals surface area (Å²) in [4.78, 5) is 22.6. The fourth-order valence-electron chi connectivity index (χ4n) is 10.5. The molecule has 4 aliphatic carbocycles. The number of aliphatic hydroxyl groups is 1. The number of carbonyl (C=O) groups excluding carboxylic acids is 1. The number of benzene rings is 1. The van der Waals surface area contributed by atoms with Crippen LogP contribution in [0.15, 0.2) is 24.3 Å². The van der Waals surface area contributed by atoms with Crippen LogP contribution in [0, 0.1) is 46.3 Å². The molecule has 0 saturated heterocycles. The summed E-state index contributed by atoms with van der Waals surface area (Å²) in [5.41, 5.74) is -1.62. The average molecular weight is 662 g/mol. The zero-order valence-electron chi connectivity index (χ0n) is 25.7. The van der Waals surface area contributed by atoms with E-state index >= 15 is 0 Å². The van der Waals surface area contributed by atoms with Gasteiger partial charge in [0, 0.05) is 12.3 Å². The van der Waals surface area contributed by atoms with E-state index in [1.807, 2.05) is 0 Å². The van der Waals surface area contributed by atoms with Crippen LogP contribution in [-0.4, -0.2) is 33.1 Å². The molecule has 10 heteroatoms. The first-order valence-corrected chi connectivity index (χ1v) is 17.0. The Morgan fingerprint density at radius 2 is 1.68 bits per heavy atom. The predicted molar refractivity (Wildman–Crippen MR) is 162 cm³/mol. The molecule has 2 N–H and O–H groups in total. The highest BCUT2D eigenvalue weighted by Crippen LogP contribution is 2.69. The third kappa shape index (κ3) is 6.13. The van der Waals surface area contributed by atoms with Gasteiger partial charge in [0.05, 0.1) is 11.2 Å². The number of rotatable bonds is 8. The van der Waals surface area contributed by atoms with Gasteiger partial charge in [0.25, 0.3) is 0 Å². The molecular formula is C34H45Cl2F3O5. The third-order valence-electron chi connectivity index (χ3n) is 12.7. The van der Waals surface area contributed by atoms with Crippen LogP contribution in [0.1, 0.15) is 103 Å². The fraction of sp³-hybridized carbons (Fsp3) is 0.765. The lowest BCUT2D eigenvalue weighted by atomic mass is 9.42. The van der Waals surface area contributed by atoms with Gasteiger partial charge >= 0.3 is 18.1 Å². The Labute approximate surface area is 268 Å². The molecule has 0 heterocycles. The Morgan fingerprint density at radius 3 is 2.30 bits per heavy atom. The van der Waals surface area contributed by atoms with Gasteiger partial charge in [0.2, 0.25) is 4.84 Å². The maximum absolute atomic E-state index is 13.2. The Hall–Kier alpha value is -1.51. The second kappa shape index (κ2) is 12.3. The number of halogens is 5. The third-order valence-corrected chi connectivity index (χ3v) is 13.1. The number of hydrogen-bond acceptors (Lipinski definition) is 4. The molecular weight excluding hydrogens is 616 g/mol. The molecule has 44 heavy (non-hydrogen) atoms. The summed E-state index contributed by atoms with van der Waals surface area (Å²) in [7, 11) is 0. The van der Waals surface area contributed by atoms with E-state index in [0.29, 0.717) is 49.0 Å². The second-order valence-corrected chi connectivity index (χ2v) is 15.9. The summed E-state index contributed by atoms with van der Waals surface area (Å²) < 4.78 is 45.8. The minimum atomic E-state index is -4.45. The molecule has 0 spiro atoms. The highest BCUT2D eigenvalue weighted by atomic mass is 35.5. The molecule has 0 aromatic heterocycles. The van der Waals surface area contributed by atoms with Crippen molar-refractivity contribution in [1.29, 1.82) is 0 Å². The second-order valence-electron chi connectivity index (χ2n) is 14.8. The number of esters is 1. The molecule has 1 aromatic rings. The first-order valence-electron chi connectivity index (χ1n) is 16.1. The van der Waals surface area contributed by atoms with Gasteiger partial charge in [-0.2, -0.15) is 13.2 Å². The van der Waals surface area contributed by atoms with E-state index in [2.05, 4.69) is 20.8 Å². The smallest absolute Gasteiger partial charge is 0.416 e. The molecule has 0 radical (unpaired) electrons. The number of fused-ring (bicyclic) bond motifs is 5. The molecule has 0 bridgehead atoms. The van der Waals surface area contributed by atoms with Crippen LogP contribution in [0.5, 0.6) is 0 Å². The van der Waals surface area contributed by atoms with Gasteiger partial charge in [-0.15, -0.1) is 0 Å². The maximum Gasteiger partial charge on any atom is 0.416 e. The molecule has 5 rings (SSSR count). The molecule has 10 atom stereocenters. The first kappa shape index (κ1) is 33.8. The number of hydrogen-bond donors (Lipinski definition) is 2. The topological polar surface area (TPSA) is 83.8 Å². The quantitative estimate of drug-likeness (QED) is 0.215. The molecule has 4 saturated carbocycles. The van der Waals surface area contributed by atoms with Gasteiger partial charge in [-0.3, -0.25) is 4.79 Å². The number of ether oxygens (including phenoxy) is 1. The number of carbonyl (C=O) groups is 2. The molecule has 1 aromatic carbocycles. The Bertz CT molecular complexity index is 1220. The van der Waals surface area contributed by atoms with Crippen molar-refractivity contribution >= 4 is 35.1 Å². The van der Waals surface area contributed by atoms with Gasteiger partial charge in [-0.1, -0.05) is 56.1 Å². The largest absolute Gasteiger partial charge is 0.481 e. The minimum absolute atomic E-state index is 0.0109. The van der Waals surface area contributed by atoms with Crippen LogP contribution >= 0.6 is 23.2 Å². The van der Waals surface area contributed by atoms with Gasteiger partial charge in [0.1, 0.15) is 6.10 Å². The highest BCUT2D eigenvalue weighted by Gasteiger charge is 2.65. The van der Waals surface area contributed by atoms with E-state index in [-0.39, 0.29) is 35.0 Å². The minimum Gasteiger partial charge on any atom is -0.481 e. The van der Waals surface area contributed by atoms with Crippen molar-refractivity contribution < 1.29 is 37.7 Å². The zero-order valence-corrected chi connectivity index (χ0v) is 27.2. The van der Waals surface area contributed by atoms with E-state index in [1.165, 1.54) is 12.1 Å². The van der Waals surface area contributed by atoms with E-state index in [4.69, 9.17) is 33.0 Å². The molecule has 246 valence electrons. The molecule has 5 nitrogen and oxygen atoms in total. The maximum atomic E-state index is 13.2. The van der Waals surface area contributed by atoms with Crippen molar-refractivity contribution in [3.8, 4) is 0 Å². The summed E-state index contributed by atoms with van der Waals surface area (Å²) in [6.45, 7) is 6.93. The van der Waals surface area contributed by atoms with Crippen molar-refractivity contribution in [2.24, 2.45) is 46.3 Å². The molecule has 4 aliphatic rings. The molecule has 1 unspecified atom stereocenters. The highest BCUT2D eigenvalue weighted by molar-refractivity contribution is 6.52. The van der Waals surface area contributed by atoms with E-state index in [9.17, 15) is 27.9 Å². The van der Waals surface area contributed by atoms with Crippen LogP contribution in [0.2, 0.25) is 0 Å². The van der Waals surface area contributed by atoms with Crippen molar-refractivity contribution in [2.75, 3.05) is 0 Å². The standard InChI is InChI=1S/C34H45Cl2F3O5/c1-19(5-4-6-27(40)41)23-11-12-24-28-25(13-14-32(23,24)3)31(2)15-16-33(43,20-7-9-21(10-8-20)34(37,38)39)18-22(31)17-26(28)44-30(42)29(35)36/h7-10,19,22-26,28-29,43H,4-6,11-18H2,1-3H3,(H,40,41)/t19?,22-,23-,24+,25+,26-,28+,31+,32-,33+/m1/s1. The molecule has 0 aliphatic heterocycles. The SMILES string of the molecule is CC(CCCC(=O)O)[C@H]1CC[C@H]2[C@@H]3[C@H](OC(=O)C(Cl)Cl)C[C@@H]4C[C@](O)(c5ccc(C(F)(F)F)cc5)CC[C@]4(C)[C@H]3CC[C@]12C. The lowest BCUT2D eigenvalue weighted by Crippen LogP contribution is -2.60. The van der Waals surface area contributed by atoms with E-state index < -0.39 is 40.2 Å². The van der Waals surface area contributed by atoms with Crippen molar-refractivity contribution in [2.45, 2.75) is 114 Å². The summed E-state index contributed by atoms with van der Waals surface area (Å²) in [5, 5.41) is 21.0. The predicted octanol–water partition coefficient (Wildman–Crippen LogP) is 8.77. The summed E-state index contributed by atoms with van der Waals surface area (Å²) in [6, 6.07) is 4.85. The normalized spacial score (nSPS) is 39.2. The van der Waals surface area contributed by atoms with E-state index in [1.54, 1.807) is 0 Å². The van der Waals surface area contributed by atoms with E-state index in [0.717, 1.165) is 50.7 Å². The average Bonchev–Trinajstić information content (AvgIpc) is 3.30. The fourth-order valence-corrected chi connectivity index (χ4v) is 10.6. The van der Waals surface area contributed by atoms with Crippen molar-refractivity contribution in [1.82, 2.24) is 0 Å². The van der Waals surface area contributed by atoms with Crippen LogP contribution in [-0.2, 0) is 26.1 Å². The van der Waals surface area contributed by atoms with Gasteiger partial charge in [-0.25, -0.2) is 4.79 Å². The Kier molecular flexibility index (Phi) is 9.43. The first-order chi connectivity index (χ1) is 20.5. The van der Waals surface area contributed by atoms with Crippen LogP contribution in [0.4, 0.5) is 13.2 Å². The van der Waals surface area contributed by atoms with Crippen LogP contribution in [0.25, 0.3) is 0 Å². The number of aliphatic carboxylic acids is 1. The monoisotopic (exact) mass is 660 g/mol. The van der Waals surface area contributed by atoms with Gasteiger partial charge in [-0.05, 0) is 122 Å². The lowest BCUT2D eigenvalue weighted by Gasteiger charge is -2.63. The van der Waals surface area contributed by atoms with Gasteiger partial charge < -0.3 is 14.9 Å². The summed E-state index contributed by atoms with van der Waals surface area (Å²) >= 11 is 11.9. The number of carboxylic acid groups (broad SMARTS) is 1. The lowest BCUT2D eigenvalue weighted by molar-refractivity contribution is -0.204. The van der Waals surface area contributed by atoms with Gasteiger partial charge in [0.15, 0.2) is 0 Å². The van der Waals surface area contributed by atoms with Crippen molar-refractivity contribution in [3.05, 3.63) is 35.4 Å². The van der Waals surface area contributed by atoms with Crippen LogP contribution < -0.4 is 0 Å². The molecule has 0 amide bonds. The van der Waals surface area contributed by atoms with Crippen LogP contribution in [0.3, 0.4) is 0 Å². The molecule has 4 fully saturated rings. The number of carboxylic acids is 1. The Morgan fingerprint density at radius 1 is 1.02 bits per heavy atom. The zero-order chi connectivity index (χ0) is 32.2. The van der Waals surface area contributed by atoms with Crippen molar-refractivity contribution in [3.63, 3.8) is 0 Å². The summed E-state index contributed by atoms with van der Waals surface area (Å²) in [6.07, 6.45) is 3.00. The number of alkyl halides is 5. The summed E-state index contributed by atoms with van der Waals surface area (Å²) in [5.74, 6) is 0.0768.